The molecule has 0 bridgehead atoms. The molecule has 0 saturated carbocycles. The molecule has 0 fully saturated rings. The molecule has 114 valence electrons. The molecule has 0 amide bonds. The molecule has 0 aliphatic heterocycles. The summed E-state index contributed by atoms with van der Waals surface area (Å²) < 4.78 is 45.9. The third-order valence-corrected chi connectivity index (χ3v) is 4.05. The Labute approximate surface area is 125 Å². The lowest BCUT2D eigenvalue weighted by molar-refractivity contribution is 0.405. The van der Waals surface area contributed by atoms with Gasteiger partial charge < -0.3 is 10.1 Å². The first-order valence-corrected chi connectivity index (χ1v) is 7.45. The van der Waals surface area contributed by atoms with Gasteiger partial charge in [0.25, 0.3) is 0 Å². The van der Waals surface area contributed by atoms with E-state index in [0.29, 0.717) is 18.4 Å². The van der Waals surface area contributed by atoms with Crippen molar-refractivity contribution in [2.24, 2.45) is 0 Å². The molecule has 21 heavy (non-hydrogen) atoms. The van der Waals surface area contributed by atoms with Crippen molar-refractivity contribution in [3.05, 3.63) is 51.5 Å². The van der Waals surface area contributed by atoms with Crippen LogP contribution in [0.25, 0.3) is 0 Å². The SMILES string of the molecule is CCCNC(c1cc(F)c(F)cc1F)c1sccc1OC. The molecule has 0 radical (unpaired) electrons. The van der Waals surface area contributed by atoms with Crippen LogP contribution >= 0.6 is 11.3 Å². The molecule has 6 heteroatoms. The van der Waals surface area contributed by atoms with Gasteiger partial charge in [0, 0.05) is 11.6 Å². The normalized spacial score (nSPS) is 12.4. The number of hydrogen-bond donors (Lipinski definition) is 1. The van der Waals surface area contributed by atoms with Gasteiger partial charge in [0.2, 0.25) is 0 Å². The first-order chi connectivity index (χ1) is 10.1. The Hall–Kier alpha value is -1.53. The first kappa shape index (κ1) is 15.9. The Morgan fingerprint density at radius 2 is 1.90 bits per heavy atom. The van der Waals surface area contributed by atoms with Crippen molar-refractivity contribution in [2.45, 2.75) is 19.4 Å². The zero-order valence-electron chi connectivity index (χ0n) is 11.8. The van der Waals surface area contributed by atoms with E-state index in [1.807, 2.05) is 12.3 Å². The Morgan fingerprint density at radius 1 is 1.19 bits per heavy atom. The van der Waals surface area contributed by atoms with Gasteiger partial charge in [0.15, 0.2) is 11.6 Å². The monoisotopic (exact) mass is 315 g/mol. The highest BCUT2D eigenvalue weighted by Crippen LogP contribution is 2.36. The van der Waals surface area contributed by atoms with Crippen LogP contribution in [-0.4, -0.2) is 13.7 Å². The van der Waals surface area contributed by atoms with Crippen LogP contribution < -0.4 is 10.1 Å². The van der Waals surface area contributed by atoms with E-state index in [1.54, 1.807) is 6.07 Å². The standard InChI is InChI=1S/C15H16F3NOS/c1-3-5-19-14(15-13(20-2)4-6-21-15)9-7-11(17)12(18)8-10(9)16/h4,6-8,14,19H,3,5H2,1-2H3. The van der Waals surface area contributed by atoms with Crippen molar-refractivity contribution < 1.29 is 17.9 Å². The van der Waals surface area contributed by atoms with Gasteiger partial charge in [-0.2, -0.15) is 0 Å². The lowest BCUT2D eigenvalue weighted by Gasteiger charge is -2.20. The van der Waals surface area contributed by atoms with Crippen LogP contribution in [0.3, 0.4) is 0 Å². The van der Waals surface area contributed by atoms with Crippen molar-refractivity contribution in [3.63, 3.8) is 0 Å². The van der Waals surface area contributed by atoms with E-state index in [0.717, 1.165) is 17.4 Å². The summed E-state index contributed by atoms with van der Waals surface area (Å²) in [6, 6.07) is 2.66. The van der Waals surface area contributed by atoms with Crippen LogP contribution in [0, 0.1) is 17.5 Å². The first-order valence-electron chi connectivity index (χ1n) is 6.57. The van der Waals surface area contributed by atoms with E-state index in [2.05, 4.69) is 5.32 Å². The number of ether oxygens (including phenoxy) is 1. The second-order valence-corrected chi connectivity index (χ2v) is 5.48. The summed E-state index contributed by atoms with van der Waals surface area (Å²) in [7, 11) is 1.52. The third kappa shape index (κ3) is 3.39. The lowest BCUT2D eigenvalue weighted by Crippen LogP contribution is -2.24. The van der Waals surface area contributed by atoms with Crippen molar-refractivity contribution in [2.75, 3.05) is 13.7 Å². The van der Waals surface area contributed by atoms with E-state index >= 15 is 0 Å². The number of halogens is 3. The maximum atomic E-state index is 14.1. The van der Waals surface area contributed by atoms with Gasteiger partial charge in [-0.3, -0.25) is 0 Å². The molecule has 1 unspecified atom stereocenters. The number of hydrogen-bond acceptors (Lipinski definition) is 3. The maximum absolute atomic E-state index is 14.1. The predicted octanol–water partition coefficient (Wildman–Crippen LogP) is 4.26. The van der Waals surface area contributed by atoms with Gasteiger partial charge in [-0.05, 0) is 30.5 Å². The summed E-state index contributed by atoms with van der Waals surface area (Å²) >= 11 is 1.38. The summed E-state index contributed by atoms with van der Waals surface area (Å²) in [5.41, 5.74) is 0.0723. The summed E-state index contributed by atoms with van der Waals surface area (Å²) in [6.45, 7) is 2.58. The molecule has 0 spiro atoms. The average molecular weight is 315 g/mol. The van der Waals surface area contributed by atoms with E-state index in [1.165, 1.54) is 18.4 Å². The highest BCUT2D eigenvalue weighted by Gasteiger charge is 2.24. The summed E-state index contributed by atoms with van der Waals surface area (Å²) in [5.74, 6) is -2.44. The molecule has 1 atom stereocenters. The number of benzene rings is 1. The third-order valence-electron chi connectivity index (χ3n) is 3.09. The molecule has 2 nitrogen and oxygen atoms in total. The molecule has 0 aliphatic carbocycles. The number of rotatable bonds is 6. The van der Waals surface area contributed by atoms with Crippen molar-refractivity contribution >= 4 is 11.3 Å². The van der Waals surface area contributed by atoms with E-state index in [9.17, 15) is 13.2 Å². The van der Waals surface area contributed by atoms with Crippen LogP contribution in [-0.2, 0) is 0 Å². The van der Waals surface area contributed by atoms with Gasteiger partial charge >= 0.3 is 0 Å². The highest BCUT2D eigenvalue weighted by molar-refractivity contribution is 7.10. The summed E-state index contributed by atoms with van der Waals surface area (Å²) in [4.78, 5) is 0.732. The second kappa shape index (κ2) is 6.95. The van der Waals surface area contributed by atoms with Crippen LogP contribution in [0.4, 0.5) is 13.2 Å². The Balaban J connectivity index is 2.48. The van der Waals surface area contributed by atoms with Gasteiger partial charge in [0.05, 0.1) is 18.0 Å². The van der Waals surface area contributed by atoms with E-state index in [4.69, 9.17) is 4.74 Å². The molecule has 0 aliphatic rings. The summed E-state index contributed by atoms with van der Waals surface area (Å²) in [5, 5.41) is 4.96. The highest BCUT2D eigenvalue weighted by atomic mass is 32.1. The van der Waals surface area contributed by atoms with Gasteiger partial charge in [-0.15, -0.1) is 11.3 Å². The Bertz CT molecular complexity index is 615. The molecule has 0 saturated heterocycles. The van der Waals surface area contributed by atoms with Crippen molar-refractivity contribution in [1.29, 1.82) is 0 Å². The maximum Gasteiger partial charge on any atom is 0.161 e. The smallest absolute Gasteiger partial charge is 0.161 e. The van der Waals surface area contributed by atoms with Gasteiger partial charge in [-0.25, -0.2) is 13.2 Å². The fourth-order valence-corrected chi connectivity index (χ4v) is 3.03. The number of thiophene rings is 1. The number of nitrogens with one attached hydrogen (secondary N) is 1. The van der Waals surface area contributed by atoms with Crippen molar-refractivity contribution in [3.8, 4) is 5.75 Å². The molecule has 1 heterocycles. The molecule has 1 aromatic heterocycles. The molecular weight excluding hydrogens is 299 g/mol. The Kier molecular flexibility index (Phi) is 5.25. The molecule has 1 aromatic carbocycles. The topological polar surface area (TPSA) is 21.3 Å². The van der Waals surface area contributed by atoms with E-state index < -0.39 is 23.5 Å². The van der Waals surface area contributed by atoms with E-state index in [-0.39, 0.29) is 5.56 Å². The van der Waals surface area contributed by atoms with Gasteiger partial charge in [0.1, 0.15) is 11.6 Å². The van der Waals surface area contributed by atoms with Crippen LogP contribution in [0.2, 0.25) is 0 Å². The Morgan fingerprint density at radius 3 is 2.57 bits per heavy atom. The average Bonchev–Trinajstić information content (AvgIpc) is 2.93. The second-order valence-electron chi connectivity index (χ2n) is 4.53. The quantitative estimate of drug-likeness (QED) is 0.804. The summed E-state index contributed by atoms with van der Waals surface area (Å²) in [6.07, 6.45) is 0.829. The lowest BCUT2D eigenvalue weighted by atomic mass is 10.0. The van der Waals surface area contributed by atoms with Gasteiger partial charge in [-0.1, -0.05) is 6.92 Å². The predicted molar refractivity (Wildman–Crippen MR) is 77.3 cm³/mol. The van der Waals surface area contributed by atoms with Crippen LogP contribution in [0.15, 0.2) is 23.6 Å². The molecule has 1 N–H and O–H groups in total. The van der Waals surface area contributed by atoms with Crippen molar-refractivity contribution in [1.82, 2.24) is 5.32 Å². The number of methoxy groups -OCH3 is 1. The molecule has 2 aromatic rings. The fourth-order valence-electron chi connectivity index (χ4n) is 2.08. The zero-order valence-corrected chi connectivity index (χ0v) is 12.6. The minimum atomic E-state index is -1.19. The molecule has 2 rings (SSSR count). The van der Waals surface area contributed by atoms with Crippen LogP contribution in [0.5, 0.6) is 5.75 Å². The largest absolute Gasteiger partial charge is 0.496 e. The zero-order chi connectivity index (χ0) is 15.4. The minimum Gasteiger partial charge on any atom is -0.496 e. The van der Waals surface area contributed by atoms with Crippen LogP contribution in [0.1, 0.15) is 29.8 Å². The fraction of sp³-hybridized carbons (Fsp3) is 0.333. The minimum absolute atomic E-state index is 0.0723. The molecular formula is C15H16F3NOS.